The summed E-state index contributed by atoms with van der Waals surface area (Å²) in [5, 5.41) is 0.455. The molecule has 0 saturated carbocycles. The highest BCUT2D eigenvalue weighted by atomic mass is 35.5. The Morgan fingerprint density at radius 1 is 1.05 bits per heavy atom. The zero-order valence-corrected chi connectivity index (χ0v) is 14.1. The van der Waals surface area contributed by atoms with Crippen LogP contribution in [0.1, 0.15) is 54.2 Å². The van der Waals surface area contributed by atoms with Crippen molar-refractivity contribution in [3.8, 4) is 0 Å². The van der Waals surface area contributed by atoms with Crippen LogP contribution >= 0.6 is 11.6 Å². The first kappa shape index (κ1) is 15.8. The molecule has 0 atom stereocenters. The molecule has 0 aromatic carbocycles. The standard InChI is InChI=1S/C15H23BClNO2/c1-13(2,3)11-9-8-10(12(17)18-11)16-19-14(4,5)15(6,7)20-16/h8-9H,1-7H3. The molecule has 0 radical (unpaired) electrons. The van der Waals surface area contributed by atoms with Gasteiger partial charge in [-0.2, -0.15) is 0 Å². The quantitative estimate of drug-likeness (QED) is 0.588. The molecule has 1 aliphatic heterocycles. The van der Waals surface area contributed by atoms with Crippen LogP contribution in [-0.4, -0.2) is 23.3 Å². The van der Waals surface area contributed by atoms with E-state index in [1.54, 1.807) is 0 Å². The molecule has 1 saturated heterocycles. The van der Waals surface area contributed by atoms with Crippen molar-refractivity contribution < 1.29 is 9.31 Å². The maximum atomic E-state index is 6.33. The molecule has 2 rings (SSSR count). The number of halogens is 1. The molecule has 1 fully saturated rings. The maximum Gasteiger partial charge on any atom is 0.498 e. The fourth-order valence-corrected chi connectivity index (χ4v) is 2.25. The predicted octanol–water partition coefficient (Wildman–Crippen LogP) is 3.33. The highest BCUT2D eigenvalue weighted by molar-refractivity contribution is 6.65. The minimum atomic E-state index is -0.464. The van der Waals surface area contributed by atoms with E-state index in [1.165, 1.54) is 0 Å². The van der Waals surface area contributed by atoms with E-state index in [-0.39, 0.29) is 16.6 Å². The summed E-state index contributed by atoms with van der Waals surface area (Å²) in [6, 6.07) is 3.95. The fourth-order valence-electron chi connectivity index (χ4n) is 2.01. The minimum absolute atomic E-state index is 0.0297. The van der Waals surface area contributed by atoms with Crippen molar-refractivity contribution in [1.29, 1.82) is 0 Å². The molecule has 0 bridgehead atoms. The lowest BCUT2D eigenvalue weighted by molar-refractivity contribution is 0.00578. The Balaban J connectivity index is 2.33. The Labute approximate surface area is 127 Å². The van der Waals surface area contributed by atoms with E-state index in [2.05, 4.69) is 25.8 Å². The van der Waals surface area contributed by atoms with Crippen molar-refractivity contribution in [2.45, 2.75) is 65.1 Å². The van der Waals surface area contributed by atoms with Gasteiger partial charge in [0.15, 0.2) is 0 Å². The molecule has 5 heteroatoms. The largest absolute Gasteiger partial charge is 0.498 e. The summed E-state index contributed by atoms with van der Waals surface area (Å²) in [4.78, 5) is 4.49. The summed E-state index contributed by atoms with van der Waals surface area (Å²) in [7, 11) is -0.464. The zero-order chi connectivity index (χ0) is 15.3. The Morgan fingerprint density at radius 3 is 1.95 bits per heavy atom. The molecule has 0 unspecified atom stereocenters. The molecule has 1 aliphatic rings. The molecule has 0 spiro atoms. The van der Waals surface area contributed by atoms with Gasteiger partial charge in [0, 0.05) is 16.6 Å². The van der Waals surface area contributed by atoms with Gasteiger partial charge >= 0.3 is 7.12 Å². The van der Waals surface area contributed by atoms with Crippen molar-refractivity contribution in [2.24, 2.45) is 0 Å². The van der Waals surface area contributed by atoms with E-state index in [0.29, 0.717) is 5.15 Å². The molecule has 20 heavy (non-hydrogen) atoms. The lowest BCUT2D eigenvalue weighted by Gasteiger charge is -2.32. The van der Waals surface area contributed by atoms with E-state index >= 15 is 0 Å². The monoisotopic (exact) mass is 295 g/mol. The Bertz CT molecular complexity index is 507. The Morgan fingerprint density at radius 2 is 1.55 bits per heavy atom. The van der Waals surface area contributed by atoms with Gasteiger partial charge in [0.05, 0.1) is 11.2 Å². The molecule has 1 aromatic heterocycles. The fraction of sp³-hybridized carbons (Fsp3) is 0.667. The summed E-state index contributed by atoms with van der Waals surface area (Å²) in [5.74, 6) is 0. The van der Waals surface area contributed by atoms with Crippen LogP contribution in [0.3, 0.4) is 0 Å². The summed E-state index contributed by atoms with van der Waals surface area (Å²) < 4.78 is 12.0. The normalized spacial score (nSPS) is 21.3. The second-order valence-corrected chi connectivity index (χ2v) is 7.77. The van der Waals surface area contributed by atoms with Crippen molar-refractivity contribution in [1.82, 2.24) is 4.98 Å². The topological polar surface area (TPSA) is 31.4 Å². The van der Waals surface area contributed by atoms with E-state index in [4.69, 9.17) is 20.9 Å². The average molecular weight is 296 g/mol. The van der Waals surface area contributed by atoms with E-state index in [9.17, 15) is 0 Å². The van der Waals surface area contributed by atoms with Crippen LogP contribution < -0.4 is 5.46 Å². The van der Waals surface area contributed by atoms with Crippen LogP contribution in [0.2, 0.25) is 5.15 Å². The van der Waals surface area contributed by atoms with Crippen LogP contribution in [-0.2, 0) is 14.7 Å². The predicted molar refractivity (Wildman–Crippen MR) is 83.7 cm³/mol. The van der Waals surface area contributed by atoms with E-state index < -0.39 is 7.12 Å². The van der Waals surface area contributed by atoms with Crippen molar-refractivity contribution in [3.63, 3.8) is 0 Å². The molecule has 2 heterocycles. The van der Waals surface area contributed by atoms with Crippen LogP contribution in [0, 0.1) is 0 Å². The molecule has 1 aromatic rings. The summed E-state index contributed by atoms with van der Waals surface area (Å²) in [5.41, 5.74) is 0.979. The molecule has 3 nitrogen and oxygen atoms in total. The first-order valence-electron chi connectivity index (χ1n) is 6.97. The van der Waals surface area contributed by atoms with Crippen LogP contribution in [0.5, 0.6) is 0 Å². The highest BCUT2D eigenvalue weighted by Crippen LogP contribution is 2.37. The lowest BCUT2D eigenvalue weighted by atomic mass is 9.79. The molecule has 0 aliphatic carbocycles. The third-order valence-electron chi connectivity index (χ3n) is 4.15. The molecular weight excluding hydrogens is 272 g/mol. The Kier molecular flexibility index (Phi) is 3.73. The van der Waals surface area contributed by atoms with Crippen molar-refractivity contribution in [2.75, 3.05) is 0 Å². The molecule has 110 valence electrons. The molecule has 0 N–H and O–H groups in total. The third-order valence-corrected chi connectivity index (χ3v) is 4.46. The van der Waals surface area contributed by atoms with Gasteiger partial charge < -0.3 is 9.31 Å². The second-order valence-electron chi connectivity index (χ2n) is 7.41. The van der Waals surface area contributed by atoms with Gasteiger partial charge in [-0.25, -0.2) is 4.98 Å². The van der Waals surface area contributed by atoms with Crippen molar-refractivity contribution >= 4 is 24.2 Å². The number of nitrogens with zero attached hydrogens (tertiary/aromatic N) is 1. The zero-order valence-electron chi connectivity index (χ0n) is 13.4. The number of rotatable bonds is 1. The van der Waals surface area contributed by atoms with Crippen molar-refractivity contribution in [3.05, 3.63) is 23.0 Å². The van der Waals surface area contributed by atoms with Crippen LogP contribution in [0.25, 0.3) is 0 Å². The number of pyridine rings is 1. The molecular formula is C15H23BClNO2. The smallest absolute Gasteiger partial charge is 0.399 e. The highest BCUT2D eigenvalue weighted by Gasteiger charge is 2.52. The number of hydrogen-bond donors (Lipinski definition) is 0. The van der Waals surface area contributed by atoms with E-state index in [0.717, 1.165) is 11.2 Å². The van der Waals surface area contributed by atoms with Gasteiger partial charge in [-0.15, -0.1) is 0 Å². The first-order chi connectivity index (χ1) is 8.94. The average Bonchev–Trinajstić information content (AvgIpc) is 2.46. The SMILES string of the molecule is CC(C)(C)c1ccc(B2OC(C)(C)C(C)(C)O2)c(Cl)n1. The lowest BCUT2D eigenvalue weighted by Crippen LogP contribution is -2.41. The van der Waals surface area contributed by atoms with Gasteiger partial charge in [-0.3, -0.25) is 0 Å². The van der Waals surface area contributed by atoms with Gasteiger partial charge in [-0.05, 0) is 33.8 Å². The summed E-state index contributed by atoms with van der Waals surface area (Å²) in [6.45, 7) is 14.4. The van der Waals surface area contributed by atoms with Crippen LogP contribution in [0.15, 0.2) is 12.1 Å². The third kappa shape index (κ3) is 2.74. The van der Waals surface area contributed by atoms with E-state index in [1.807, 2.05) is 39.8 Å². The minimum Gasteiger partial charge on any atom is -0.399 e. The summed E-state index contributed by atoms with van der Waals surface area (Å²) >= 11 is 6.33. The van der Waals surface area contributed by atoms with Gasteiger partial charge in [0.2, 0.25) is 0 Å². The van der Waals surface area contributed by atoms with Gasteiger partial charge in [-0.1, -0.05) is 38.4 Å². The molecule has 0 amide bonds. The Hall–Kier alpha value is -0.575. The first-order valence-corrected chi connectivity index (χ1v) is 7.34. The van der Waals surface area contributed by atoms with Crippen LogP contribution in [0.4, 0.5) is 0 Å². The number of aromatic nitrogens is 1. The number of hydrogen-bond acceptors (Lipinski definition) is 3. The summed E-state index contributed by atoms with van der Waals surface area (Å²) in [6.07, 6.45) is 0. The van der Waals surface area contributed by atoms with Gasteiger partial charge in [0.1, 0.15) is 5.15 Å². The van der Waals surface area contributed by atoms with Gasteiger partial charge in [0.25, 0.3) is 0 Å². The second kappa shape index (κ2) is 4.72. The maximum absolute atomic E-state index is 6.33.